The monoisotopic (exact) mass is 439 g/mol. The minimum atomic E-state index is -1.29. The summed E-state index contributed by atoms with van der Waals surface area (Å²) in [5.41, 5.74) is 11.3. The van der Waals surface area contributed by atoms with E-state index in [1.807, 2.05) is 13.8 Å². The summed E-state index contributed by atoms with van der Waals surface area (Å²) in [5.74, 6) is -3.29. The van der Waals surface area contributed by atoms with E-state index in [4.69, 9.17) is 11.5 Å². The number of primary amides is 1. The topological polar surface area (TPSA) is 176 Å². The fourth-order valence-corrected chi connectivity index (χ4v) is 4.28. The molecule has 0 aromatic heterocycles. The van der Waals surface area contributed by atoms with Crippen LogP contribution < -0.4 is 16.8 Å². The van der Waals surface area contributed by atoms with E-state index in [1.54, 1.807) is 0 Å². The molecule has 2 aliphatic rings. The summed E-state index contributed by atoms with van der Waals surface area (Å²) in [6.07, 6.45) is 1.86. The van der Waals surface area contributed by atoms with E-state index in [0.29, 0.717) is 38.6 Å². The van der Waals surface area contributed by atoms with Crippen molar-refractivity contribution in [2.75, 3.05) is 13.1 Å². The largest absolute Gasteiger partial charge is 0.480 e. The molecule has 0 aromatic rings. The molecule has 0 aromatic carbocycles. The highest BCUT2D eigenvalue weighted by atomic mass is 16.4. The molecule has 0 radical (unpaired) electrons. The van der Waals surface area contributed by atoms with E-state index < -0.39 is 54.3 Å². The first-order valence-corrected chi connectivity index (χ1v) is 10.7. The molecule has 2 heterocycles. The number of hydrogen-bond donors (Lipinski definition) is 4. The van der Waals surface area contributed by atoms with E-state index in [9.17, 15) is 29.1 Å². The number of carbonyl (C=O) groups excluding carboxylic acids is 4. The second-order valence-corrected chi connectivity index (χ2v) is 8.69. The second-order valence-electron chi connectivity index (χ2n) is 8.69. The van der Waals surface area contributed by atoms with Crippen LogP contribution in [0.5, 0.6) is 0 Å². The average molecular weight is 440 g/mol. The Balaban J connectivity index is 2.12. The number of nitrogens with zero attached hydrogens (tertiary/aromatic N) is 2. The SMILES string of the molecule is CC(C)CC(N)C(=O)N1CCCC1C(=O)NC(CC(N)=O)C(=O)N1CCCC1C(=O)O. The third-order valence-corrected chi connectivity index (χ3v) is 5.72. The summed E-state index contributed by atoms with van der Waals surface area (Å²) in [6.45, 7) is 4.50. The highest BCUT2D eigenvalue weighted by Crippen LogP contribution is 2.22. The molecule has 0 aliphatic carbocycles. The lowest BCUT2D eigenvalue weighted by molar-refractivity contribution is -0.150. The fraction of sp³-hybridized carbons (Fsp3) is 0.750. The maximum absolute atomic E-state index is 12.9. The van der Waals surface area contributed by atoms with Crippen LogP contribution in [0.2, 0.25) is 0 Å². The molecule has 6 N–H and O–H groups in total. The van der Waals surface area contributed by atoms with Gasteiger partial charge in [-0.05, 0) is 38.0 Å². The third-order valence-electron chi connectivity index (χ3n) is 5.72. The third kappa shape index (κ3) is 6.16. The van der Waals surface area contributed by atoms with E-state index in [-0.39, 0.29) is 18.4 Å². The Hall–Kier alpha value is -2.69. The average Bonchev–Trinajstić information content (AvgIpc) is 3.34. The number of nitrogens with one attached hydrogen (secondary N) is 1. The molecule has 174 valence electrons. The Morgan fingerprint density at radius 2 is 1.55 bits per heavy atom. The maximum atomic E-state index is 12.9. The Labute approximate surface area is 181 Å². The van der Waals surface area contributed by atoms with Crippen molar-refractivity contribution in [1.29, 1.82) is 0 Å². The fourth-order valence-electron chi connectivity index (χ4n) is 4.28. The first-order valence-electron chi connectivity index (χ1n) is 10.7. The Morgan fingerprint density at radius 1 is 1.00 bits per heavy atom. The van der Waals surface area contributed by atoms with Crippen LogP contribution in [-0.4, -0.2) is 81.8 Å². The number of carboxylic acids is 1. The Morgan fingerprint density at radius 3 is 2.06 bits per heavy atom. The zero-order valence-electron chi connectivity index (χ0n) is 18.1. The molecule has 4 unspecified atom stereocenters. The van der Waals surface area contributed by atoms with Gasteiger partial charge >= 0.3 is 5.97 Å². The number of amides is 4. The zero-order valence-corrected chi connectivity index (χ0v) is 18.1. The van der Waals surface area contributed by atoms with Gasteiger partial charge in [-0.3, -0.25) is 19.2 Å². The molecular weight excluding hydrogens is 406 g/mol. The van der Waals surface area contributed by atoms with Crippen LogP contribution in [0.3, 0.4) is 0 Å². The van der Waals surface area contributed by atoms with Crippen molar-refractivity contribution < 1.29 is 29.1 Å². The van der Waals surface area contributed by atoms with E-state index in [2.05, 4.69) is 5.32 Å². The molecule has 0 bridgehead atoms. The molecule has 31 heavy (non-hydrogen) atoms. The van der Waals surface area contributed by atoms with Gasteiger partial charge in [0.1, 0.15) is 18.1 Å². The van der Waals surface area contributed by atoms with Crippen molar-refractivity contribution in [3.05, 3.63) is 0 Å². The number of carbonyl (C=O) groups is 5. The lowest BCUT2D eigenvalue weighted by atomic mass is 10.0. The molecular formula is C20H33N5O6. The zero-order chi connectivity index (χ0) is 23.3. The molecule has 4 atom stereocenters. The van der Waals surface area contributed by atoms with Gasteiger partial charge < -0.3 is 31.7 Å². The Bertz CT molecular complexity index is 727. The van der Waals surface area contributed by atoms with Crippen LogP contribution in [0.25, 0.3) is 0 Å². The van der Waals surface area contributed by atoms with Crippen LogP contribution >= 0.6 is 0 Å². The van der Waals surface area contributed by atoms with Gasteiger partial charge in [0.15, 0.2) is 0 Å². The minimum Gasteiger partial charge on any atom is -0.480 e. The summed E-state index contributed by atoms with van der Waals surface area (Å²) in [4.78, 5) is 64.1. The van der Waals surface area contributed by atoms with Gasteiger partial charge in [0.05, 0.1) is 12.5 Å². The van der Waals surface area contributed by atoms with Crippen LogP contribution in [0, 0.1) is 5.92 Å². The lowest BCUT2D eigenvalue weighted by Gasteiger charge is -2.30. The highest BCUT2D eigenvalue weighted by Gasteiger charge is 2.41. The predicted octanol–water partition coefficient (Wildman–Crippen LogP) is -1.21. The number of aliphatic carboxylic acids is 1. The number of hydrogen-bond acceptors (Lipinski definition) is 6. The number of carboxylic acid groups (broad SMARTS) is 1. The quantitative estimate of drug-likeness (QED) is 0.348. The normalized spacial score (nSPS) is 23.0. The molecule has 2 aliphatic heterocycles. The number of likely N-dealkylation sites (tertiary alicyclic amines) is 2. The Kier molecular flexibility index (Phi) is 8.37. The van der Waals surface area contributed by atoms with Gasteiger partial charge in [-0.1, -0.05) is 13.8 Å². The maximum Gasteiger partial charge on any atom is 0.326 e. The lowest BCUT2D eigenvalue weighted by Crippen LogP contribution is -2.57. The summed E-state index contributed by atoms with van der Waals surface area (Å²) < 4.78 is 0. The van der Waals surface area contributed by atoms with Gasteiger partial charge in [0, 0.05) is 13.1 Å². The van der Waals surface area contributed by atoms with Crippen molar-refractivity contribution >= 4 is 29.6 Å². The van der Waals surface area contributed by atoms with Gasteiger partial charge in [-0.25, -0.2) is 4.79 Å². The van der Waals surface area contributed by atoms with Crippen molar-refractivity contribution in [2.45, 2.75) is 76.5 Å². The standard InChI is InChI=1S/C20H33N5O6/c1-11(2)9-12(21)18(28)24-7-3-5-14(24)17(27)23-13(10-16(22)26)19(29)25-8-4-6-15(25)20(30)31/h11-15H,3-10,21H2,1-2H3,(H2,22,26)(H,23,27)(H,30,31). The number of nitrogens with two attached hydrogens (primary N) is 2. The van der Waals surface area contributed by atoms with Gasteiger partial charge in [-0.15, -0.1) is 0 Å². The first kappa shape index (κ1) is 24.6. The molecule has 0 spiro atoms. The van der Waals surface area contributed by atoms with Gasteiger partial charge in [0.2, 0.25) is 23.6 Å². The molecule has 11 heteroatoms. The minimum absolute atomic E-state index is 0.217. The van der Waals surface area contributed by atoms with Gasteiger partial charge in [-0.2, -0.15) is 0 Å². The summed E-state index contributed by atoms with van der Waals surface area (Å²) >= 11 is 0. The van der Waals surface area contributed by atoms with Crippen LogP contribution in [0.15, 0.2) is 0 Å². The van der Waals surface area contributed by atoms with Crippen LogP contribution in [0.1, 0.15) is 52.4 Å². The van der Waals surface area contributed by atoms with E-state index >= 15 is 0 Å². The molecule has 0 saturated carbocycles. The number of rotatable bonds is 9. The summed E-state index contributed by atoms with van der Waals surface area (Å²) in [5, 5.41) is 11.9. The van der Waals surface area contributed by atoms with Crippen molar-refractivity contribution in [3.63, 3.8) is 0 Å². The van der Waals surface area contributed by atoms with Crippen LogP contribution in [-0.2, 0) is 24.0 Å². The smallest absolute Gasteiger partial charge is 0.326 e. The van der Waals surface area contributed by atoms with Crippen molar-refractivity contribution in [2.24, 2.45) is 17.4 Å². The van der Waals surface area contributed by atoms with E-state index in [1.165, 1.54) is 4.90 Å². The van der Waals surface area contributed by atoms with Crippen molar-refractivity contribution in [3.8, 4) is 0 Å². The molecule has 11 nitrogen and oxygen atoms in total. The summed E-state index contributed by atoms with van der Waals surface area (Å²) in [7, 11) is 0. The molecule has 4 amide bonds. The van der Waals surface area contributed by atoms with Crippen molar-refractivity contribution in [1.82, 2.24) is 15.1 Å². The molecule has 2 fully saturated rings. The van der Waals surface area contributed by atoms with Crippen LogP contribution in [0.4, 0.5) is 0 Å². The van der Waals surface area contributed by atoms with Gasteiger partial charge in [0.25, 0.3) is 0 Å². The predicted molar refractivity (Wildman–Crippen MR) is 110 cm³/mol. The highest BCUT2D eigenvalue weighted by molar-refractivity contribution is 5.96. The first-order chi connectivity index (χ1) is 14.5. The summed E-state index contributed by atoms with van der Waals surface area (Å²) in [6, 6.07) is -3.81. The second kappa shape index (κ2) is 10.6. The molecule has 2 saturated heterocycles. The molecule has 2 rings (SSSR count). The van der Waals surface area contributed by atoms with E-state index in [0.717, 1.165) is 4.90 Å².